The fourth-order valence-electron chi connectivity index (χ4n) is 10.5. The van der Waals surface area contributed by atoms with Gasteiger partial charge in [0.15, 0.2) is 11.7 Å². The van der Waals surface area contributed by atoms with Gasteiger partial charge >= 0.3 is 30.0 Å². The van der Waals surface area contributed by atoms with E-state index >= 15 is 4.79 Å². The Morgan fingerprint density at radius 3 is 2.14 bits per heavy atom. The van der Waals surface area contributed by atoms with Gasteiger partial charge in [-0.15, -0.1) is 0 Å². The molecule has 2 bridgehead atoms. The maximum atomic E-state index is 15.7. The van der Waals surface area contributed by atoms with Crippen LogP contribution in [-0.4, -0.2) is 110 Å². The molecule has 16 nitrogen and oxygen atoms in total. The third-order valence-electron chi connectivity index (χ3n) is 13.6. The van der Waals surface area contributed by atoms with E-state index in [-0.39, 0.29) is 43.4 Å². The molecular formula is C47H59NO15. The highest BCUT2D eigenvalue weighted by Gasteiger charge is 2.78. The zero-order valence-corrected chi connectivity index (χ0v) is 36.9. The second-order valence-corrected chi connectivity index (χ2v) is 19.0. The molecule has 1 aliphatic heterocycles. The first kappa shape index (κ1) is 47.3. The van der Waals surface area contributed by atoms with Crippen molar-refractivity contribution < 1.29 is 72.9 Å². The van der Waals surface area contributed by atoms with E-state index in [2.05, 4.69) is 5.32 Å². The van der Waals surface area contributed by atoms with Gasteiger partial charge < -0.3 is 49.4 Å². The summed E-state index contributed by atoms with van der Waals surface area (Å²) < 4.78 is 30.0. The maximum Gasteiger partial charge on any atom is 0.408 e. The van der Waals surface area contributed by atoms with Crippen LogP contribution in [-0.2, 0) is 42.9 Å². The molecule has 2 aromatic rings. The number of nitrogens with one attached hydrogen (secondary N) is 1. The molecule has 1 saturated heterocycles. The van der Waals surface area contributed by atoms with E-state index in [4.69, 9.17) is 23.7 Å². The molecule has 2 saturated carbocycles. The summed E-state index contributed by atoms with van der Waals surface area (Å²) in [7, 11) is 0. The molecule has 5 N–H and O–H groups in total. The van der Waals surface area contributed by atoms with Gasteiger partial charge in [-0.1, -0.05) is 62.4 Å². The first-order valence-corrected chi connectivity index (χ1v) is 21.3. The molecule has 1 amide bonds. The SMILES string of the molecule is CC(=O)O[C@@]12CO[C@@H]1C[C@H](O)[C@@]1(C)C(=O)[C@H](CCCC(=O)O)C3=C(C)[C@@H](OC(=O)[C@H](O)[C@@H](NC(=O)OC(C)(C)C)c4ccccc4)C[C@@](O)([C@@H](OC(=O)c4ccccc4)[C@H]21)C3(C)C. The lowest BCUT2D eigenvalue weighted by atomic mass is 9.43. The number of ether oxygens (including phenoxy) is 5. The molecule has 6 rings (SSSR count). The van der Waals surface area contributed by atoms with Gasteiger partial charge in [0.2, 0.25) is 0 Å². The minimum atomic E-state index is -2.32. The number of carbonyl (C=O) groups excluding carboxylic acids is 5. The van der Waals surface area contributed by atoms with Crippen molar-refractivity contribution >= 4 is 35.8 Å². The molecule has 16 heteroatoms. The van der Waals surface area contributed by atoms with Crippen molar-refractivity contribution in [3.63, 3.8) is 0 Å². The highest BCUT2D eigenvalue weighted by atomic mass is 16.6. The van der Waals surface area contributed by atoms with E-state index in [1.807, 2.05) is 0 Å². The van der Waals surface area contributed by atoms with E-state index in [1.54, 1.807) is 90.1 Å². The summed E-state index contributed by atoms with van der Waals surface area (Å²) in [4.78, 5) is 82.3. The Morgan fingerprint density at radius 2 is 1.59 bits per heavy atom. The quantitative estimate of drug-likeness (QED) is 0.110. The smallest absolute Gasteiger partial charge is 0.408 e. The predicted octanol–water partition coefficient (Wildman–Crippen LogP) is 4.77. The Balaban J connectivity index is 1.54. The maximum absolute atomic E-state index is 15.7. The lowest BCUT2D eigenvalue weighted by Crippen LogP contribution is -2.81. The summed E-state index contributed by atoms with van der Waals surface area (Å²) in [6.07, 6.45) is -9.77. The van der Waals surface area contributed by atoms with Gasteiger partial charge in [-0.2, -0.15) is 0 Å². The average Bonchev–Trinajstić information content (AvgIpc) is 3.20. The Hall–Kier alpha value is -5.16. The number of fused-ring (bicyclic) bond motifs is 5. The van der Waals surface area contributed by atoms with Crippen LogP contribution in [0.2, 0.25) is 0 Å². The van der Waals surface area contributed by atoms with E-state index in [9.17, 15) is 44.4 Å². The summed E-state index contributed by atoms with van der Waals surface area (Å²) in [5.74, 6) is -7.31. The number of ketones is 1. The molecule has 342 valence electrons. The molecule has 0 aromatic heterocycles. The number of aliphatic carboxylic acids is 1. The van der Waals surface area contributed by atoms with E-state index in [0.717, 1.165) is 0 Å². The number of hydrogen-bond donors (Lipinski definition) is 5. The lowest BCUT2D eigenvalue weighted by molar-refractivity contribution is -0.345. The highest BCUT2D eigenvalue weighted by Crippen LogP contribution is 2.65. The standard InChI is InChI=1S/C47H59NO15/c1-25-30(60-41(56)36(53)35(27-16-11-9-12-17-27)48-42(57)63-43(3,4)5)23-47(58)39(61-40(55)28-18-13-10-14-19-28)37-45(8,31(50)22-32-46(37,24-59-32)62-26(2)49)38(54)29(20-15-21-33(51)52)34(25)44(47,6)7/h9-14,16-19,29-32,35-37,39,50,53,58H,15,20-24H2,1-8H3,(H,48,57)(H,51,52)/t29-,30+,31+,32-,35+,36-,37+,39+,45-,46+,47-/m1/s1. The second-order valence-electron chi connectivity index (χ2n) is 19.0. The zero-order valence-electron chi connectivity index (χ0n) is 36.9. The molecule has 2 aromatic carbocycles. The summed E-state index contributed by atoms with van der Waals surface area (Å²) in [6.45, 7) is 12.2. The largest absolute Gasteiger partial charge is 0.481 e. The first-order chi connectivity index (χ1) is 29.4. The van der Waals surface area contributed by atoms with Crippen molar-refractivity contribution in [1.82, 2.24) is 5.32 Å². The Bertz CT molecular complexity index is 2130. The minimum absolute atomic E-state index is 0.0145. The van der Waals surface area contributed by atoms with Crippen LogP contribution in [0.3, 0.4) is 0 Å². The van der Waals surface area contributed by atoms with Crippen molar-refractivity contribution in [3.8, 4) is 0 Å². The molecule has 3 aliphatic carbocycles. The number of carboxylic acid groups (broad SMARTS) is 1. The van der Waals surface area contributed by atoms with Crippen LogP contribution in [0.4, 0.5) is 4.79 Å². The monoisotopic (exact) mass is 877 g/mol. The average molecular weight is 878 g/mol. The summed E-state index contributed by atoms with van der Waals surface area (Å²) in [6, 6.07) is 14.7. The number of benzene rings is 2. The molecule has 3 fully saturated rings. The first-order valence-electron chi connectivity index (χ1n) is 21.3. The third-order valence-corrected chi connectivity index (χ3v) is 13.6. The number of rotatable bonds is 12. The van der Waals surface area contributed by atoms with Gasteiger partial charge in [0.25, 0.3) is 0 Å². The molecule has 0 radical (unpaired) electrons. The number of esters is 3. The molecule has 63 heavy (non-hydrogen) atoms. The molecule has 0 spiro atoms. The van der Waals surface area contributed by atoms with Crippen molar-refractivity contribution in [3.05, 3.63) is 82.9 Å². The fourth-order valence-corrected chi connectivity index (χ4v) is 10.5. The van der Waals surface area contributed by atoms with Crippen molar-refractivity contribution in [2.45, 2.75) is 141 Å². The predicted molar refractivity (Wildman–Crippen MR) is 223 cm³/mol. The highest BCUT2D eigenvalue weighted by molar-refractivity contribution is 5.93. The number of alkyl carbamates (subject to hydrolysis) is 1. The fraction of sp³-hybridized carbons (Fsp3) is 0.574. The van der Waals surface area contributed by atoms with Crippen molar-refractivity contribution in [2.24, 2.45) is 22.7 Å². The number of aliphatic hydroxyl groups is 3. The number of carbonyl (C=O) groups is 6. The van der Waals surface area contributed by atoms with Gasteiger partial charge in [-0.25, -0.2) is 14.4 Å². The van der Waals surface area contributed by atoms with Crippen molar-refractivity contribution in [2.75, 3.05) is 6.61 Å². The molecule has 11 atom stereocenters. The number of Topliss-reactive ketones (excluding diaryl/α,β-unsaturated/α-hetero) is 1. The zero-order chi connectivity index (χ0) is 46.4. The topological polar surface area (TPSA) is 242 Å². The molecule has 1 heterocycles. The van der Waals surface area contributed by atoms with Gasteiger partial charge in [-0.05, 0) is 76.3 Å². The number of hydrogen-bond acceptors (Lipinski definition) is 14. The lowest BCUT2D eigenvalue weighted by Gasteiger charge is -2.67. The number of aliphatic hydroxyl groups excluding tert-OH is 2. The normalized spacial score (nSPS) is 31.9. The second kappa shape index (κ2) is 17.4. The van der Waals surface area contributed by atoms with Gasteiger partial charge in [0.1, 0.15) is 35.3 Å². The summed E-state index contributed by atoms with van der Waals surface area (Å²) in [5, 5.41) is 49.9. The van der Waals surface area contributed by atoms with Crippen molar-refractivity contribution in [1.29, 1.82) is 0 Å². The van der Waals surface area contributed by atoms with Gasteiger partial charge in [-0.3, -0.25) is 14.4 Å². The third kappa shape index (κ3) is 8.62. The number of carboxylic acids is 1. The van der Waals surface area contributed by atoms with E-state index < -0.39 is 118 Å². The van der Waals surface area contributed by atoms with Gasteiger partial charge in [0, 0.05) is 37.5 Å². The van der Waals surface area contributed by atoms with E-state index in [1.165, 1.54) is 26.0 Å². The Kier molecular flexibility index (Phi) is 13.1. The minimum Gasteiger partial charge on any atom is -0.481 e. The Morgan fingerprint density at radius 1 is 0.968 bits per heavy atom. The number of amides is 1. The molecule has 0 unspecified atom stereocenters. The van der Waals surface area contributed by atoms with Gasteiger partial charge in [0.05, 0.1) is 35.6 Å². The van der Waals surface area contributed by atoms with Crippen LogP contribution >= 0.6 is 0 Å². The van der Waals surface area contributed by atoms with Crippen LogP contribution < -0.4 is 5.32 Å². The van der Waals surface area contributed by atoms with Crippen LogP contribution in [0.25, 0.3) is 0 Å². The summed E-state index contributed by atoms with van der Waals surface area (Å²) in [5.41, 5.74) is -7.47. The Labute approximate surface area is 366 Å². The van der Waals surface area contributed by atoms with E-state index in [0.29, 0.717) is 11.1 Å². The van der Waals surface area contributed by atoms with Crippen LogP contribution in [0, 0.1) is 22.7 Å². The molecule has 4 aliphatic rings. The molecular weight excluding hydrogens is 819 g/mol. The summed E-state index contributed by atoms with van der Waals surface area (Å²) >= 11 is 0. The van der Waals surface area contributed by atoms with Crippen LogP contribution in [0.1, 0.15) is 109 Å². The van der Waals surface area contributed by atoms with Crippen LogP contribution in [0.5, 0.6) is 0 Å². The van der Waals surface area contributed by atoms with Crippen LogP contribution in [0.15, 0.2) is 71.8 Å².